The Balaban J connectivity index is 1.63. The summed E-state index contributed by atoms with van der Waals surface area (Å²) in [5, 5.41) is 19.3. The second-order valence-corrected chi connectivity index (χ2v) is 6.81. The molecule has 1 aliphatic heterocycles. The van der Waals surface area contributed by atoms with Crippen LogP contribution in [0.4, 0.5) is 10.1 Å². The monoisotopic (exact) mass is 389 g/mol. The molecule has 24 heavy (non-hydrogen) atoms. The molecule has 2 heterocycles. The maximum atomic E-state index is 13.7. The number of pyridine rings is 1. The Morgan fingerprint density at radius 1 is 1.29 bits per heavy atom. The molecular weight excluding hydrogens is 373 g/mol. The number of aliphatic hydroxyl groups is 1. The van der Waals surface area contributed by atoms with E-state index in [-0.39, 0.29) is 11.7 Å². The molecule has 0 radical (unpaired) electrons. The minimum atomic E-state index is -0.658. The third-order valence-corrected chi connectivity index (χ3v) is 5.14. The van der Waals surface area contributed by atoms with E-state index in [2.05, 4.69) is 25.8 Å². The summed E-state index contributed by atoms with van der Waals surface area (Å²) in [6.45, 7) is 1.60. The van der Waals surface area contributed by atoms with Gasteiger partial charge in [0.05, 0.1) is 22.5 Å². The van der Waals surface area contributed by atoms with Crippen molar-refractivity contribution in [2.75, 3.05) is 18.0 Å². The van der Waals surface area contributed by atoms with Crippen molar-refractivity contribution in [1.29, 1.82) is 5.26 Å². The summed E-state index contributed by atoms with van der Waals surface area (Å²) < 4.78 is 14.1. The van der Waals surface area contributed by atoms with Crippen LogP contribution in [-0.4, -0.2) is 23.2 Å². The predicted octanol–water partition coefficient (Wildman–Crippen LogP) is 3.80. The highest BCUT2D eigenvalue weighted by molar-refractivity contribution is 9.10. The van der Waals surface area contributed by atoms with Crippen molar-refractivity contribution < 1.29 is 9.50 Å². The lowest BCUT2D eigenvalue weighted by Crippen LogP contribution is -2.35. The Bertz CT molecular complexity index is 752. The van der Waals surface area contributed by atoms with Crippen LogP contribution in [0.1, 0.15) is 30.2 Å². The Morgan fingerprint density at radius 3 is 2.62 bits per heavy atom. The Hall–Kier alpha value is -1.97. The summed E-state index contributed by atoms with van der Waals surface area (Å²) in [7, 11) is 0. The lowest BCUT2D eigenvalue weighted by atomic mass is 9.87. The van der Waals surface area contributed by atoms with Gasteiger partial charge in [0, 0.05) is 13.1 Å². The molecule has 1 aliphatic rings. The molecular formula is C18H17BrFN3O. The average Bonchev–Trinajstić information content (AvgIpc) is 2.63. The second-order valence-electron chi connectivity index (χ2n) is 5.96. The highest BCUT2D eigenvalue weighted by atomic mass is 79.9. The van der Waals surface area contributed by atoms with Gasteiger partial charge in [-0.15, -0.1) is 0 Å². The van der Waals surface area contributed by atoms with Crippen LogP contribution in [0, 0.1) is 23.1 Å². The molecule has 0 amide bonds. The van der Waals surface area contributed by atoms with Crippen LogP contribution in [0.2, 0.25) is 0 Å². The van der Waals surface area contributed by atoms with Crippen LogP contribution < -0.4 is 4.90 Å². The molecule has 124 valence electrons. The molecule has 1 saturated heterocycles. The molecule has 0 bridgehead atoms. The van der Waals surface area contributed by atoms with Gasteiger partial charge in [0.25, 0.3) is 0 Å². The van der Waals surface area contributed by atoms with Crippen molar-refractivity contribution in [3.05, 3.63) is 58.1 Å². The minimum Gasteiger partial charge on any atom is -0.388 e. The SMILES string of the molecule is N#Cc1ccc(N2CCC(C(O)c3ccc(Br)c(F)c3)CC2)cn1. The van der Waals surface area contributed by atoms with Gasteiger partial charge in [-0.2, -0.15) is 5.26 Å². The van der Waals surface area contributed by atoms with Gasteiger partial charge >= 0.3 is 0 Å². The topological polar surface area (TPSA) is 60.2 Å². The van der Waals surface area contributed by atoms with Crippen molar-refractivity contribution >= 4 is 21.6 Å². The van der Waals surface area contributed by atoms with E-state index < -0.39 is 6.10 Å². The second kappa shape index (κ2) is 7.29. The number of nitriles is 1. The molecule has 1 N–H and O–H groups in total. The first kappa shape index (κ1) is 16.9. The van der Waals surface area contributed by atoms with E-state index in [0.29, 0.717) is 15.7 Å². The number of aromatic nitrogens is 1. The smallest absolute Gasteiger partial charge is 0.140 e. The highest BCUT2D eigenvalue weighted by Crippen LogP contribution is 2.33. The standard InChI is InChI=1S/C18H17BrFN3O/c19-16-4-1-13(9-17(16)20)18(24)12-5-7-23(8-6-12)15-3-2-14(10-21)22-11-15/h1-4,9,11-12,18,24H,5-8H2. The molecule has 0 aliphatic carbocycles. The molecule has 1 fully saturated rings. The molecule has 1 aromatic carbocycles. The summed E-state index contributed by atoms with van der Waals surface area (Å²) >= 11 is 3.13. The number of hydrogen-bond acceptors (Lipinski definition) is 4. The average molecular weight is 390 g/mol. The van der Waals surface area contributed by atoms with E-state index in [4.69, 9.17) is 5.26 Å². The molecule has 1 atom stereocenters. The zero-order chi connectivity index (χ0) is 17.1. The zero-order valence-electron chi connectivity index (χ0n) is 13.0. The van der Waals surface area contributed by atoms with Gasteiger partial charge in [0.1, 0.15) is 17.6 Å². The highest BCUT2D eigenvalue weighted by Gasteiger charge is 2.27. The first-order valence-corrected chi connectivity index (χ1v) is 8.62. The zero-order valence-corrected chi connectivity index (χ0v) is 14.6. The summed E-state index contributed by atoms with van der Waals surface area (Å²) in [6, 6.07) is 10.4. The number of nitrogens with zero attached hydrogens (tertiary/aromatic N) is 3. The lowest BCUT2D eigenvalue weighted by Gasteiger charge is -2.35. The lowest BCUT2D eigenvalue weighted by molar-refractivity contribution is 0.0926. The van der Waals surface area contributed by atoms with Gasteiger partial charge in [-0.05, 0) is 64.5 Å². The van der Waals surface area contributed by atoms with E-state index in [1.165, 1.54) is 6.07 Å². The number of aliphatic hydroxyl groups excluding tert-OH is 1. The minimum absolute atomic E-state index is 0.105. The molecule has 6 heteroatoms. The van der Waals surface area contributed by atoms with Gasteiger partial charge in [0.2, 0.25) is 0 Å². The van der Waals surface area contributed by atoms with Crippen LogP contribution in [0.25, 0.3) is 0 Å². The van der Waals surface area contributed by atoms with Gasteiger partial charge in [-0.3, -0.25) is 0 Å². The van der Waals surface area contributed by atoms with Crippen LogP contribution in [-0.2, 0) is 0 Å². The molecule has 0 spiro atoms. The third-order valence-electron chi connectivity index (χ3n) is 4.50. The number of rotatable bonds is 3. The fourth-order valence-corrected chi connectivity index (χ4v) is 3.33. The number of benzene rings is 1. The summed E-state index contributed by atoms with van der Waals surface area (Å²) in [6.07, 6.45) is 2.69. The third kappa shape index (κ3) is 3.58. The van der Waals surface area contributed by atoms with E-state index in [9.17, 15) is 9.50 Å². The van der Waals surface area contributed by atoms with Crippen LogP contribution >= 0.6 is 15.9 Å². The van der Waals surface area contributed by atoms with Gasteiger partial charge in [-0.25, -0.2) is 9.37 Å². The van der Waals surface area contributed by atoms with E-state index >= 15 is 0 Å². The van der Waals surface area contributed by atoms with Crippen molar-refractivity contribution in [3.8, 4) is 6.07 Å². The molecule has 1 unspecified atom stereocenters. The normalized spacial score (nSPS) is 16.7. The van der Waals surface area contributed by atoms with Crippen LogP contribution in [0.15, 0.2) is 41.0 Å². The summed E-state index contributed by atoms with van der Waals surface area (Å²) in [5.41, 5.74) is 2.01. The van der Waals surface area contributed by atoms with Crippen molar-refractivity contribution in [2.24, 2.45) is 5.92 Å². The molecule has 3 rings (SSSR count). The molecule has 1 aromatic heterocycles. The number of anilines is 1. The number of piperidine rings is 1. The predicted molar refractivity (Wildman–Crippen MR) is 92.9 cm³/mol. The van der Waals surface area contributed by atoms with Gasteiger partial charge < -0.3 is 10.0 Å². The van der Waals surface area contributed by atoms with Gasteiger partial charge in [0.15, 0.2) is 0 Å². The molecule has 4 nitrogen and oxygen atoms in total. The molecule has 2 aromatic rings. The van der Waals surface area contributed by atoms with Crippen LogP contribution in [0.3, 0.4) is 0 Å². The largest absolute Gasteiger partial charge is 0.388 e. The van der Waals surface area contributed by atoms with Crippen molar-refractivity contribution in [2.45, 2.75) is 18.9 Å². The van der Waals surface area contributed by atoms with E-state index in [1.807, 2.05) is 12.1 Å². The number of halogens is 2. The first-order valence-electron chi connectivity index (χ1n) is 7.82. The van der Waals surface area contributed by atoms with Crippen LogP contribution in [0.5, 0.6) is 0 Å². The maximum Gasteiger partial charge on any atom is 0.140 e. The summed E-state index contributed by atoms with van der Waals surface area (Å²) in [5.74, 6) is -0.249. The Morgan fingerprint density at radius 2 is 2.04 bits per heavy atom. The first-order chi connectivity index (χ1) is 11.6. The quantitative estimate of drug-likeness (QED) is 0.866. The Kier molecular flexibility index (Phi) is 5.12. The summed E-state index contributed by atoms with van der Waals surface area (Å²) in [4.78, 5) is 6.29. The fraction of sp³-hybridized carbons (Fsp3) is 0.333. The van der Waals surface area contributed by atoms with E-state index in [0.717, 1.165) is 31.6 Å². The van der Waals surface area contributed by atoms with E-state index in [1.54, 1.807) is 24.4 Å². The van der Waals surface area contributed by atoms with Crippen molar-refractivity contribution in [3.63, 3.8) is 0 Å². The fourth-order valence-electron chi connectivity index (χ4n) is 3.08. The Labute approximate surface area is 148 Å². The van der Waals surface area contributed by atoms with Gasteiger partial charge in [-0.1, -0.05) is 6.07 Å². The maximum absolute atomic E-state index is 13.7. The molecule has 0 saturated carbocycles. The van der Waals surface area contributed by atoms with Crippen molar-refractivity contribution in [1.82, 2.24) is 4.98 Å². The number of hydrogen-bond donors (Lipinski definition) is 1.